The quantitative estimate of drug-likeness (QED) is 0.249. The highest BCUT2D eigenvalue weighted by Crippen LogP contribution is 2.13. The molecule has 0 aliphatic heterocycles. The maximum absolute atomic E-state index is 11.0. The van der Waals surface area contributed by atoms with Gasteiger partial charge >= 0.3 is 5.97 Å². The van der Waals surface area contributed by atoms with Crippen LogP contribution in [0.15, 0.2) is 12.2 Å². The van der Waals surface area contributed by atoms with Gasteiger partial charge in [0, 0.05) is 13.5 Å². The van der Waals surface area contributed by atoms with Gasteiger partial charge in [-0.05, 0) is 32.1 Å². The van der Waals surface area contributed by atoms with Crippen LogP contribution in [0.25, 0.3) is 0 Å². The highest BCUT2D eigenvalue weighted by Gasteiger charge is 2.16. The van der Waals surface area contributed by atoms with Crippen LogP contribution < -0.4 is 0 Å². The van der Waals surface area contributed by atoms with Gasteiger partial charge in [0.2, 0.25) is 0 Å². The first kappa shape index (κ1) is 23.1. The van der Waals surface area contributed by atoms with Gasteiger partial charge in [-0.1, -0.05) is 57.6 Å². The Kier molecular flexibility index (Phi) is 16.4. The molecule has 0 aliphatic rings. The van der Waals surface area contributed by atoms with Crippen molar-refractivity contribution in [3.63, 3.8) is 0 Å². The number of hydrogen-bond donors (Lipinski definition) is 1. The minimum atomic E-state index is -0.360. The Bertz CT molecular complexity index is 315. The Morgan fingerprint density at radius 1 is 1.00 bits per heavy atom. The summed E-state index contributed by atoms with van der Waals surface area (Å²) < 4.78 is 10.0. The second kappa shape index (κ2) is 17.0. The molecule has 0 saturated heterocycles. The molecule has 0 fully saturated rings. The van der Waals surface area contributed by atoms with Gasteiger partial charge in [-0.3, -0.25) is 4.79 Å². The number of rotatable bonds is 16. The Morgan fingerprint density at radius 3 is 2.38 bits per heavy atom. The number of esters is 1. The molecule has 0 aromatic rings. The lowest BCUT2D eigenvalue weighted by atomic mass is 10.0. The van der Waals surface area contributed by atoms with Gasteiger partial charge in [0.1, 0.15) is 0 Å². The van der Waals surface area contributed by atoms with Crippen LogP contribution in [-0.2, 0) is 14.3 Å². The van der Waals surface area contributed by atoms with Gasteiger partial charge in [0.15, 0.2) is 0 Å². The highest BCUT2D eigenvalue weighted by atomic mass is 16.5. The highest BCUT2D eigenvalue weighted by molar-refractivity contribution is 5.68. The minimum absolute atomic E-state index is 0.0866. The zero-order chi connectivity index (χ0) is 18.0. The SMILES string of the molecule is CCCCCC(O)C(C/C=C/CCCCCCCC(=O)OC)OC. The van der Waals surface area contributed by atoms with Crippen molar-refractivity contribution in [2.24, 2.45) is 0 Å². The first-order valence-electron chi connectivity index (χ1n) is 9.58. The Labute approximate surface area is 148 Å². The number of allylic oxidation sites excluding steroid dienone is 1. The molecule has 0 radical (unpaired) electrons. The summed E-state index contributed by atoms with van der Waals surface area (Å²) in [6.45, 7) is 2.17. The molecule has 0 saturated carbocycles. The molecule has 0 heterocycles. The summed E-state index contributed by atoms with van der Waals surface area (Å²) in [4.78, 5) is 11.0. The standard InChI is InChI=1S/C20H38O4/c1-4-5-12-15-18(21)19(23-2)16-13-10-8-6-7-9-11-14-17-20(22)24-3/h10,13,18-19,21H,4-9,11-12,14-17H2,1-3H3/b13-10+. The van der Waals surface area contributed by atoms with Crippen LogP contribution in [0, 0.1) is 0 Å². The average molecular weight is 343 g/mol. The topological polar surface area (TPSA) is 55.8 Å². The van der Waals surface area contributed by atoms with E-state index >= 15 is 0 Å². The van der Waals surface area contributed by atoms with E-state index in [0.717, 1.165) is 38.5 Å². The fraction of sp³-hybridized carbons (Fsp3) is 0.850. The summed E-state index contributed by atoms with van der Waals surface area (Å²) >= 11 is 0. The molecule has 24 heavy (non-hydrogen) atoms. The molecule has 4 heteroatoms. The van der Waals surface area contributed by atoms with Crippen LogP contribution in [0.5, 0.6) is 0 Å². The number of hydrogen-bond acceptors (Lipinski definition) is 4. The van der Waals surface area contributed by atoms with Gasteiger partial charge in [-0.2, -0.15) is 0 Å². The summed E-state index contributed by atoms with van der Waals surface area (Å²) in [7, 11) is 3.11. The van der Waals surface area contributed by atoms with E-state index in [1.54, 1.807) is 7.11 Å². The van der Waals surface area contributed by atoms with Crippen molar-refractivity contribution in [3.05, 3.63) is 12.2 Å². The second-order valence-electron chi connectivity index (χ2n) is 6.43. The maximum atomic E-state index is 11.0. The van der Waals surface area contributed by atoms with Crippen molar-refractivity contribution in [3.8, 4) is 0 Å². The van der Waals surface area contributed by atoms with E-state index in [9.17, 15) is 9.90 Å². The number of methoxy groups -OCH3 is 2. The van der Waals surface area contributed by atoms with E-state index in [-0.39, 0.29) is 18.2 Å². The molecule has 0 amide bonds. The van der Waals surface area contributed by atoms with E-state index in [2.05, 4.69) is 23.8 Å². The molecule has 142 valence electrons. The van der Waals surface area contributed by atoms with Gasteiger partial charge in [0.05, 0.1) is 19.3 Å². The van der Waals surface area contributed by atoms with Crippen LogP contribution in [-0.4, -0.2) is 37.5 Å². The van der Waals surface area contributed by atoms with Crippen molar-refractivity contribution >= 4 is 5.97 Å². The number of unbranched alkanes of at least 4 members (excludes halogenated alkanes) is 7. The third kappa shape index (κ3) is 13.6. The molecule has 2 unspecified atom stereocenters. The number of ether oxygens (including phenoxy) is 2. The third-order valence-electron chi connectivity index (χ3n) is 4.35. The molecule has 0 aliphatic carbocycles. The van der Waals surface area contributed by atoms with Crippen LogP contribution >= 0.6 is 0 Å². The number of carbonyl (C=O) groups is 1. The monoisotopic (exact) mass is 342 g/mol. The lowest BCUT2D eigenvalue weighted by Crippen LogP contribution is -2.27. The normalized spacial score (nSPS) is 14.0. The van der Waals surface area contributed by atoms with Gasteiger partial charge < -0.3 is 14.6 Å². The van der Waals surface area contributed by atoms with Gasteiger partial charge in [-0.15, -0.1) is 0 Å². The van der Waals surface area contributed by atoms with Crippen molar-refractivity contribution in [2.45, 2.75) is 96.2 Å². The molecule has 0 rings (SSSR count). The van der Waals surface area contributed by atoms with Crippen LogP contribution in [0.4, 0.5) is 0 Å². The lowest BCUT2D eigenvalue weighted by Gasteiger charge is -2.20. The number of carbonyl (C=O) groups excluding carboxylic acids is 1. The molecular formula is C20H38O4. The van der Waals surface area contributed by atoms with E-state index < -0.39 is 0 Å². The minimum Gasteiger partial charge on any atom is -0.469 e. The van der Waals surface area contributed by atoms with E-state index in [1.807, 2.05) is 0 Å². The predicted molar refractivity (Wildman–Crippen MR) is 99.0 cm³/mol. The van der Waals surface area contributed by atoms with Crippen molar-refractivity contribution in [1.29, 1.82) is 0 Å². The van der Waals surface area contributed by atoms with Crippen LogP contribution in [0.2, 0.25) is 0 Å². The summed E-state index contributed by atoms with van der Waals surface area (Å²) in [6, 6.07) is 0. The first-order chi connectivity index (χ1) is 11.7. The van der Waals surface area contributed by atoms with E-state index in [4.69, 9.17) is 4.74 Å². The fourth-order valence-corrected chi connectivity index (χ4v) is 2.71. The molecule has 2 atom stereocenters. The summed E-state index contributed by atoms with van der Waals surface area (Å²) in [5.74, 6) is -0.109. The molecule has 0 spiro atoms. The molecular weight excluding hydrogens is 304 g/mol. The van der Waals surface area contributed by atoms with Gasteiger partial charge in [-0.25, -0.2) is 0 Å². The molecule has 0 aromatic carbocycles. The molecule has 0 aromatic heterocycles. The van der Waals surface area contributed by atoms with Crippen molar-refractivity contribution in [2.75, 3.05) is 14.2 Å². The predicted octanol–water partition coefficient (Wildman–Crippen LogP) is 4.79. The Hall–Kier alpha value is -0.870. The van der Waals surface area contributed by atoms with Crippen molar-refractivity contribution in [1.82, 2.24) is 0 Å². The molecule has 1 N–H and O–H groups in total. The zero-order valence-corrected chi connectivity index (χ0v) is 16.0. The maximum Gasteiger partial charge on any atom is 0.305 e. The number of aliphatic hydroxyl groups excluding tert-OH is 1. The Morgan fingerprint density at radius 2 is 1.71 bits per heavy atom. The van der Waals surface area contributed by atoms with Crippen LogP contribution in [0.1, 0.15) is 84.0 Å². The van der Waals surface area contributed by atoms with Crippen molar-refractivity contribution < 1.29 is 19.4 Å². The summed E-state index contributed by atoms with van der Waals surface area (Å²) in [5.41, 5.74) is 0. The fourth-order valence-electron chi connectivity index (χ4n) is 2.71. The largest absolute Gasteiger partial charge is 0.469 e. The molecule has 0 bridgehead atoms. The lowest BCUT2D eigenvalue weighted by molar-refractivity contribution is -0.140. The van der Waals surface area contributed by atoms with E-state index in [0.29, 0.717) is 6.42 Å². The first-order valence-corrected chi connectivity index (χ1v) is 9.58. The van der Waals surface area contributed by atoms with E-state index in [1.165, 1.54) is 39.2 Å². The summed E-state index contributed by atoms with van der Waals surface area (Å²) in [5, 5.41) is 10.1. The summed E-state index contributed by atoms with van der Waals surface area (Å²) in [6.07, 6.45) is 16.1. The smallest absolute Gasteiger partial charge is 0.305 e. The van der Waals surface area contributed by atoms with Crippen LogP contribution in [0.3, 0.4) is 0 Å². The Balaban J connectivity index is 3.59. The third-order valence-corrected chi connectivity index (χ3v) is 4.35. The zero-order valence-electron chi connectivity index (χ0n) is 16.0. The molecule has 4 nitrogen and oxygen atoms in total. The second-order valence-corrected chi connectivity index (χ2v) is 6.43. The number of aliphatic hydroxyl groups is 1. The average Bonchev–Trinajstić information content (AvgIpc) is 2.59. The van der Waals surface area contributed by atoms with Gasteiger partial charge in [0.25, 0.3) is 0 Å².